The van der Waals surface area contributed by atoms with Crippen molar-refractivity contribution in [2.75, 3.05) is 19.3 Å². The number of imidazole rings is 1. The normalized spacial score (nSPS) is 18.1. The van der Waals surface area contributed by atoms with E-state index in [0.29, 0.717) is 0 Å². The molecule has 0 aliphatic carbocycles. The topological polar surface area (TPSA) is 78.1 Å². The molecule has 2 N–H and O–H groups in total. The van der Waals surface area contributed by atoms with Crippen molar-refractivity contribution in [1.82, 2.24) is 19.6 Å². The number of aromatic amines is 1. The van der Waals surface area contributed by atoms with Crippen molar-refractivity contribution in [2.45, 2.75) is 32.4 Å². The lowest BCUT2D eigenvalue weighted by molar-refractivity contribution is 0.196. The zero-order valence-electron chi connectivity index (χ0n) is 13.0. The van der Waals surface area contributed by atoms with E-state index in [1.165, 1.54) is 11.8 Å². The third-order valence-electron chi connectivity index (χ3n) is 4.03. The number of aryl methyl sites for hydroxylation is 1. The molecule has 1 aromatic carbocycles. The molecule has 0 radical (unpaired) electrons. The highest BCUT2D eigenvalue weighted by Crippen LogP contribution is 2.17. The molecule has 120 valence electrons. The quantitative estimate of drug-likeness (QED) is 0.891. The number of benzene rings is 1. The maximum atomic E-state index is 11.3. The average Bonchev–Trinajstić information content (AvgIpc) is 2.80. The summed E-state index contributed by atoms with van der Waals surface area (Å²) in [5, 5.41) is 0. The zero-order chi connectivity index (χ0) is 15.7. The summed E-state index contributed by atoms with van der Waals surface area (Å²) < 4.78 is 25.2. The number of fused-ring (bicyclic) bond motifs is 1. The Morgan fingerprint density at radius 1 is 1.36 bits per heavy atom. The van der Waals surface area contributed by atoms with Gasteiger partial charge in [-0.2, -0.15) is 0 Å². The minimum absolute atomic E-state index is 0.0598. The minimum atomic E-state index is -3.11. The largest absolute Gasteiger partial charge is 0.341 e. The van der Waals surface area contributed by atoms with Crippen molar-refractivity contribution < 1.29 is 8.42 Å². The number of aromatic nitrogens is 2. The van der Waals surface area contributed by atoms with Crippen LogP contribution in [-0.4, -0.2) is 48.7 Å². The fraction of sp³-hybridized carbons (Fsp3) is 0.533. The van der Waals surface area contributed by atoms with E-state index >= 15 is 0 Å². The van der Waals surface area contributed by atoms with Crippen LogP contribution < -0.4 is 4.72 Å². The van der Waals surface area contributed by atoms with Crippen LogP contribution in [0.5, 0.6) is 0 Å². The van der Waals surface area contributed by atoms with E-state index in [2.05, 4.69) is 38.6 Å². The van der Waals surface area contributed by atoms with Gasteiger partial charge in [0.05, 0.1) is 23.8 Å². The lowest BCUT2D eigenvalue weighted by Gasteiger charge is -2.31. The van der Waals surface area contributed by atoms with Gasteiger partial charge < -0.3 is 4.98 Å². The predicted molar refractivity (Wildman–Crippen MR) is 87.1 cm³/mol. The van der Waals surface area contributed by atoms with Crippen LogP contribution in [-0.2, 0) is 16.6 Å². The van der Waals surface area contributed by atoms with Crippen molar-refractivity contribution in [2.24, 2.45) is 0 Å². The Balaban J connectivity index is 1.60. The van der Waals surface area contributed by atoms with E-state index in [4.69, 9.17) is 0 Å². The van der Waals surface area contributed by atoms with Crippen molar-refractivity contribution in [3.63, 3.8) is 0 Å². The zero-order valence-corrected chi connectivity index (χ0v) is 13.8. The SMILES string of the molecule is Cc1ccc2nc(CN3CCC(NS(C)(=O)=O)CC3)[nH]c2c1. The molecule has 1 aromatic heterocycles. The van der Waals surface area contributed by atoms with Crippen LogP contribution in [0, 0.1) is 6.92 Å². The van der Waals surface area contributed by atoms with Gasteiger partial charge in [-0.3, -0.25) is 4.90 Å². The highest BCUT2D eigenvalue weighted by atomic mass is 32.2. The van der Waals surface area contributed by atoms with Crippen LogP contribution in [0.25, 0.3) is 11.0 Å². The Morgan fingerprint density at radius 2 is 2.09 bits per heavy atom. The molecule has 1 aliphatic rings. The summed E-state index contributed by atoms with van der Waals surface area (Å²) in [4.78, 5) is 10.3. The molecule has 2 heterocycles. The molecular formula is C15H22N4O2S. The smallest absolute Gasteiger partial charge is 0.208 e. The van der Waals surface area contributed by atoms with E-state index in [0.717, 1.165) is 49.3 Å². The number of sulfonamides is 1. The van der Waals surface area contributed by atoms with Crippen molar-refractivity contribution >= 4 is 21.1 Å². The Morgan fingerprint density at radius 3 is 2.77 bits per heavy atom. The number of nitrogens with one attached hydrogen (secondary N) is 2. The van der Waals surface area contributed by atoms with Crippen LogP contribution in [0.4, 0.5) is 0 Å². The van der Waals surface area contributed by atoms with Gasteiger partial charge in [-0.15, -0.1) is 0 Å². The number of H-pyrrole nitrogens is 1. The number of rotatable bonds is 4. The highest BCUT2D eigenvalue weighted by Gasteiger charge is 2.22. The lowest BCUT2D eigenvalue weighted by Crippen LogP contribution is -2.44. The molecule has 2 aromatic rings. The first kappa shape index (κ1) is 15.5. The molecule has 1 saturated heterocycles. The van der Waals surface area contributed by atoms with Gasteiger partial charge >= 0.3 is 0 Å². The summed E-state index contributed by atoms with van der Waals surface area (Å²) in [5.74, 6) is 0.968. The first-order valence-corrected chi connectivity index (χ1v) is 9.43. The number of piperidine rings is 1. The summed E-state index contributed by atoms with van der Waals surface area (Å²) in [6, 6.07) is 6.26. The van der Waals surface area contributed by atoms with Gasteiger partial charge in [0.2, 0.25) is 10.0 Å². The van der Waals surface area contributed by atoms with Crippen molar-refractivity contribution in [1.29, 1.82) is 0 Å². The van der Waals surface area contributed by atoms with Gasteiger partial charge in [0.1, 0.15) is 5.82 Å². The van der Waals surface area contributed by atoms with Gasteiger partial charge in [-0.05, 0) is 37.5 Å². The van der Waals surface area contributed by atoms with E-state index in [9.17, 15) is 8.42 Å². The molecular weight excluding hydrogens is 300 g/mol. The second kappa shape index (κ2) is 5.98. The number of hydrogen-bond acceptors (Lipinski definition) is 4. The summed E-state index contributed by atoms with van der Waals surface area (Å²) in [6.45, 7) is 4.60. The maximum absolute atomic E-state index is 11.3. The third-order valence-corrected chi connectivity index (χ3v) is 4.79. The van der Waals surface area contributed by atoms with Crippen LogP contribution in [0.15, 0.2) is 18.2 Å². The Hall–Kier alpha value is -1.44. The fourth-order valence-corrected chi connectivity index (χ4v) is 3.82. The first-order valence-electron chi connectivity index (χ1n) is 7.54. The average molecular weight is 322 g/mol. The van der Waals surface area contributed by atoms with Crippen LogP contribution in [0.1, 0.15) is 24.2 Å². The molecule has 0 bridgehead atoms. The van der Waals surface area contributed by atoms with E-state index in [-0.39, 0.29) is 6.04 Å². The summed E-state index contributed by atoms with van der Waals surface area (Å²) in [6.07, 6.45) is 2.90. The van der Waals surface area contributed by atoms with Gasteiger partial charge in [-0.25, -0.2) is 18.1 Å². The van der Waals surface area contributed by atoms with Crippen molar-refractivity contribution in [3.8, 4) is 0 Å². The second-order valence-electron chi connectivity index (χ2n) is 6.14. The lowest BCUT2D eigenvalue weighted by atomic mass is 10.1. The molecule has 0 atom stereocenters. The van der Waals surface area contributed by atoms with Crippen LogP contribution in [0.3, 0.4) is 0 Å². The van der Waals surface area contributed by atoms with E-state index in [1.807, 2.05) is 6.07 Å². The molecule has 0 amide bonds. The fourth-order valence-electron chi connectivity index (χ4n) is 2.97. The monoisotopic (exact) mass is 322 g/mol. The standard InChI is InChI=1S/C15H22N4O2S/c1-11-3-4-13-14(9-11)17-15(16-13)10-19-7-5-12(6-8-19)18-22(2,20)21/h3-4,9,12,18H,5-8,10H2,1-2H3,(H,16,17). The van der Waals surface area contributed by atoms with Crippen molar-refractivity contribution in [3.05, 3.63) is 29.6 Å². The molecule has 7 heteroatoms. The van der Waals surface area contributed by atoms with Crippen LogP contribution in [0.2, 0.25) is 0 Å². The maximum Gasteiger partial charge on any atom is 0.208 e. The molecule has 0 spiro atoms. The Kier molecular flexibility index (Phi) is 4.20. The molecule has 1 aliphatic heterocycles. The summed E-state index contributed by atoms with van der Waals surface area (Å²) >= 11 is 0. The Bertz CT molecular complexity index is 761. The molecule has 6 nitrogen and oxygen atoms in total. The van der Waals surface area contributed by atoms with E-state index < -0.39 is 10.0 Å². The molecule has 0 unspecified atom stereocenters. The van der Waals surface area contributed by atoms with E-state index in [1.54, 1.807) is 0 Å². The summed E-state index contributed by atoms with van der Waals surface area (Å²) in [7, 11) is -3.11. The molecule has 1 fully saturated rings. The second-order valence-corrected chi connectivity index (χ2v) is 7.92. The van der Waals surface area contributed by atoms with Gasteiger partial charge in [-0.1, -0.05) is 6.07 Å². The number of nitrogens with zero attached hydrogens (tertiary/aromatic N) is 2. The Labute approximate surface area is 131 Å². The van der Waals surface area contributed by atoms with Crippen LogP contribution >= 0.6 is 0 Å². The predicted octanol–water partition coefficient (Wildman–Crippen LogP) is 1.38. The molecule has 3 rings (SSSR count). The highest BCUT2D eigenvalue weighted by molar-refractivity contribution is 7.88. The minimum Gasteiger partial charge on any atom is -0.341 e. The van der Waals surface area contributed by atoms with Gasteiger partial charge in [0.15, 0.2) is 0 Å². The number of likely N-dealkylation sites (tertiary alicyclic amines) is 1. The number of hydrogen-bond donors (Lipinski definition) is 2. The summed E-state index contributed by atoms with van der Waals surface area (Å²) in [5.41, 5.74) is 3.29. The third kappa shape index (κ3) is 3.85. The van der Waals surface area contributed by atoms with Gasteiger partial charge in [0, 0.05) is 19.1 Å². The molecule has 22 heavy (non-hydrogen) atoms. The first-order chi connectivity index (χ1) is 10.4. The molecule has 0 saturated carbocycles. The van der Waals surface area contributed by atoms with Gasteiger partial charge in [0.25, 0.3) is 0 Å².